The largest absolute Gasteiger partial charge is 0.357 e. The topological polar surface area (TPSA) is 82.6 Å². The van der Waals surface area contributed by atoms with Gasteiger partial charge in [-0.15, -0.1) is 0 Å². The Hall–Kier alpha value is -2.38. The van der Waals surface area contributed by atoms with Crippen molar-refractivity contribution in [2.24, 2.45) is 4.99 Å². The van der Waals surface area contributed by atoms with E-state index in [1.807, 2.05) is 37.3 Å². The van der Waals surface area contributed by atoms with Crippen molar-refractivity contribution >= 4 is 16.0 Å². The van der Waals surface area contributed by atoms with Crippen molar-refractivity contribution < 1.29 is 8.42 Å². The number of benzene rings is 2. The lowest BCUT2D eigenvalue weighted by molar-refractivity contribution is 0.587. The first-order valence-electron chi connectivity index (χ1n) is 8.98. The van der Waals surface area contributed by atoms with Gasteiger partial charge in [0.2, 0.25) is 10.0 Å². The van der Waals surface area contributed by atoms with Crippen LogP contribution in [-0.2, 0) is 28.9 Å². The smallest absolute Gasteiger partial charge is 0.215 e. The van der Waals surface area contributed by atoms with Crippen molar-refractivity contribution in [3.05, 3.63) is 70.8 Å². The number of nitrogens with one attached hydrogen (secondary N) is 3. The van der Waals surface area contributed by atoms with Crippen LogP contribution >= 0.6 is 0 Å². The molecule has 3 N–H and O–H groups in total. The zero-order valence-corrected chi connectivity index (χ0v) is 16.9. The van der Waals surface area contributed by atoms with Crippen molar-refractivity contribution in [2.75, 3.05) is 13.6 Å². The summed E-state index contributed by atoms with van der Waals surface area (Å²) in [7, 11) is -1.85. The molecule has 0 unspecified atom stereocenters. The highest BCUT2D eigenvalue weighted by Crippen LogP contribution is 2.09. The lowest BCUT2D eigenvalue weighted by Crippen LogP contribution is -2.36. The molecule has 0 spiro atoms. The van der Waals surface area contributed by atoms with E-state index in [1.165, 1.54) is 12.6 Å². The first-order chi connectivity index (χ1) is 12.9. The van der Waals surface area contributed by atoms with Gasteiger partial charge in [-0.3, -0.25) is 0 Å². The van der Waals surface area contributed by atoms with Gasteiger partial charge in [-0.25, -0.2) is 18.1 Å². The number of nitrogens with zero attached hydrogens (tertiary/aromatic N) is 1. The second-order valence-electron chi connectivity index (χ2n) is 6.32. The second-order valence-corrected chi connectivity index (χ2v) is 8.25. The lowest BCUT2D eigenvalue weighted by Gasteiger charge is -2.12. The molecular weight excluding hydrogens is 360 g/mol. The number of aliphatic imine (C=N–C) groups is 1. The fourth-order valence-electron chi connectivity index (χ4n) is 2.63. The van der Waals surface area contributed by atoms with Crippen molar-refractivity contribution in [2.45, 2.75) is 32.7 Å². The molecule has 6 nitrogen and oxygen atoms in total. The Balaban J connectivity index is 2.02. The summed E-state index contributed by atoms with van der Waals surface area (Å²) < 4.78 is 25.8. The minimum absolute atomic E-state index is 0.0289. The Morgan fingerprint density at radius 1 is 1.00 bits per heavy atom. The van der Waals surface area contributed by atoms with Gasteiger partial charge in [0, 0.05) is 13.1 Å². The molecular formula is C20H28N4O2S. The van der Waals surface area contributed by atoms with Crippen molar-refractivity contribution in [3.63, 3.8) is 0 Å². The standard InChI is InChI=1S/C20H28N4O2S/c1-4-22-20(23-13-17-8-5-7-16(2)11-17)24-14-18-9-6-10-19(12-18)15-27(25,26)21-3/h5-12,21H,4,13-15H2,1-3H3,(H2,22,23,24). The van der Waals surface area contributed by atoms with Crippen LogP contribution < -0.4 is 15.4 Å². The number of hydrogen-bond acceptors (Lipinski definition) is 3. The fourth-order valence-corrected chi connectivity index (χ4v) is 3.39. The number of hydrogen-bond donors (Lipinski definition) is 3. The Bertz CT molecular complexity index is 879. The molecule has 2 aromatic rings. The van der Waals surface area contributed by atoms with E-state index in [-0.39, 0.29) is 5.75 Å². The van der Waals surface area contributed by atoms with E-state index in [1.54, 1.807) is 0 Å². The van der Waals surface area contributed by atoms with Crippen LogP contribution in [0.3, 0.4) is 0 Å². The van der Waals surface area contributed by atoms with Gasteiger partial charge in [0.15, 0.2) is 5.96 Å². The Morgan fingerprint density at radius 2 is 1.70 bits per heavy atom. The summed E-state index contributed by atoms with van der Waals surface area (Å²) in [6.45, 7) is 6.01. The van der Waals surface area contributed by atoms with Crippen molar-refractivity contribution in [3.8, 4) is 0 Å². The van der Waals surface area contributed by atoms with E-state index in [0.29, 0.717) is 13.1 Å². The Kier molecular flexibility index (Phi) is 7.82. The first-order valence-corrected chi connectivity index (χ1v) is 10.6. The average Bonchev–Trinajstić information content (AvgIpc) is 2.64. The molecule has 0 amide bonds. The number of aryl methyl sites for hydroxylation is 1. The SMILES string of the molecule is CCNC(=NCc1cccc(C)c1)NCc1cccc(CS(=O)(=O)NC)c1. The van der Waals surface area contributed by atoms with Crippen molar-refractivity contribution in [1.82, 2.24) is 15.4 Å². The highest BCUT2D eigenvalue weighted by Gasteiger charge is 2.09. The van der Waals surface area contributed by atoms with Crippen LogP contribution in [0, 0.1) is 6.92 Å². The van der Waals surface area contributed by atoms with Gasteiger partial charge in [-0.05, 0) is 37.6 Å². The molecule has 0 aromatic heterocycles. The predicted octanol–water partition coefficient (Wildman–Crippen LogP) is 2.30. The number of sulfonamides is 1. The normalized spacial score (nSPS) is 12.0. The van der Waals surface area contributed by atoms with Gasteiger partial charge < -0.3 is 10.6 Å². The van der Waals surface area contributed by atoms with Gasteiger partial charge in [-0.1, -0.05) is 54.1 Å². The molecule has 0 saturated carbocycles. The molecule has 7 heteroatoms. The summed E-state index contributed by atoms with van der Waals surface area (Å²) >= 11 is 0. The maximum atomic E-state index is 11.7. The summed E-state index contributed by atoms with van der Waals surface area (Å²) in [5, 5.41) is 6.53. The summed E-state index contributed by atoms with van der Waals surface area (Å²) in [5.41, 5.74) is 4.13. The van der Waals surface area contributed by atoms with Gasteiger partial charge in [-0.2, -0.15) is 0 Å². The molecule has 0 saturated heterocycles. The Labute approximate surface area is 162 Å². The molecule has 0 aliphatic carbocycles. The second kappa shape index (κ2) is 10.1. The van der Waals surface area contributed by atoms with Gasteiger partial charge in [0.1, 0.15) is 0 Å². The summed E-state index contributed by atoms with van der Waals surface area (Å²) in [6.07, 6.45) is 0. The van der Waals surface area contributed by atoms with Gasteiger partial charge in [0.25, 0.3) is 0 Å². The van der Waals surface area contributed by atoms with E-state index >= 15 is 0 Å². The average molecular weight is 389 g/mol. The molecule has 0 bridgehead atoms. The van der Waals surface area contributed by atoms with Crippen LogP contribution in [0.4, 0.5) is 0 Å². The monoisotopic (exact) mass is 388 g/mol. The first kappa shape index (κ1) is 20.9. The Morgan fingerprint density at radius 3 is 2.41 bits per heavy atom. The lowest BCUT2D eigenvalue weighted by atomic mass is 10.1. The maximum absolute atomic E-state index is 11.7. The molecule has 0 atom stereocenters. The number of guanidine groups is 1. The van der Waals surface area contributed by atoms with E-state index in [4.69, 9.17) is 0 Å². The minimum Gasteiger partial charge on any atom is -0.357 e. The third-order valence-corrected chi connectivity index (χ3v) is 5.30. The third kappa shape index (κ3) is 7.40. The molecule has 0 fully saturated rings. The van der Waals surface area contributed by atoms with Gasteiger partial charge >= 0.3 is 0 Å². The predicted molar refractivity (Wildman–Crippen MR) is 111 cm³/mol. The van der Waals surface area contributed by atoms with Crippen LogP contribution in [0.15, 0.2) is 53.5 Å². The number of rotatable bonds is 8. The third-order valence-electron chi connectivity index (χ3n) is 3.97. The van der Waals surface area contributed by atoms with Crippen LogP contribution in [0.2, 0.25) is 0 Å². The quantitative estimate of drug-likeness (QED) is 0.479. The van der Waals surface area contributed by atoms with Crippen LogP contribution in [0.5, 0.6) is 0 Å². The van der Waals surface area contributed by atoms with Crippen LogP contribution in [0.1, 0.15) is 29.2 Å². The molecule has 0 aliphatic heterocycles. The van der Waals surface area contributed by atoms with E-state index in [2.05, 4.69) is 45.5 Å². The molecule has 2 rings (SSSR count). The highest BCUT2D eigenvalue weighted by atomic mass is 32.2. The molecule has 0 radical (unpaired) electrons. The highest BCUT2D eigenvalue weighted by molar-refractivity contribution is 7.88. The van der Waals surface area contributed by atoms with Crippen molar-refractivity contribution in [1.29, 1.82) is 0 Å². The summed E-state index contributed by atoms with van der Waals surface area (Å²) in [5.74, 6) is 0.700. The van der Waals surface area contributed by atoms with Gasteiger partial charge in [0.05, 0.1) is 12.3 Å². The molecule has 0 heterocycles. The molecule has 2 aromatic carbocycles. The maximum Gasteiger partial charge on any atom is 0.215 e. The molecule has 146 valence electrons. The fraction of sp³-hybridized carbons (Fsp3) is 0.350. The summed E-state index contributed by atoms with van der Waals surface area (Å²) in [6, 6.07) is 15.8. The minimum atomic E-state index is -3.28. The van der Waals surface area contributed by atoms with E-state index < -0.39 is 10.0 Å². The zero-order chi connectivity index (χ0) is 19.7. The van der Waals surface area contributed by atoms with Crippen LogP contribution in [0.25, 0.3) is 0 Å². The zero-order valence-electron chi connectivity index (χ0n) is 16.1. The van der Waals surface area contributed by atoms with Crippen LogP contribution in [-0.4, -0.2) is 28.0 Å². The molecule has 0 aliphatic rings. The molecule has 27 heavy (non-hydrogen) atoms. The van der Waals surface area contributed by atoms with E-state index in [0.717, 1.165) is 29.2 Å². The summed E-state index contributed by atoms with van der Waals surface area (Å²) in [4.78, 5) is 4.62. The van der Waals surface area contributed by atoms with E-state index in [9.17, 15) is 8.42 Å².